The summed E-state index contributed by atoms with van der Waals surface area (Å²) in [5.74, 6) is 1.10. The molecule has 0 fully saturated rings. The smallest absolute Gasteiger partial charge is 0.244 e. The van der Waals surface area contributed by atoms with Crippen molar-refractivity contribution in [1.82, 2.24) is 9.29 Å². The Morgan fingerprint density at radius 3 is 2.25 bits per heavy atom. The van der Waals surface area contributed by atoms with E-state index in [1.54, 1.807) is 12.1 Å². The summed E-state index contributed by atoms with van der Waals surface area (Å²) in [6.07, 6.45) is 3.10. The van der Waals surface area contributed by atoms with Gasteiger partial charge in [0.05, 0.1) is 5.54 Å². The third-order valence-corrected chi connectivity index (χ3v) is 5.83. The molecule has 1 aromatic rings. The number of rotatable bonds is 7. The molecule has 1 aromatic heterocycles. The molecule has 20 heavy (non-hydrogen) atoms. The molecule has 0 aliphatic carbocycles. The predicted octanol–water partition coefficient (Wildman–Crippen LogP) is 2.54. The fraction of sp³-hybridized carbons (Fsp3) is 0.615. The van der Waals surface area contributed by atoms with E-state index in [0.29, 0.717) is 11.7 Å². The van der Waals surface area contributed by atoms with Gasteiger partial charge in [0.15, 0.2) is 0 Å². The second-order valence-electron chi connectivity index (χ2n) is 4.91. The molecule has 5 nitrogen and oxygen atoms in total. The van der Waals surface area contributed by atoms with Crippen molar-refractivity contribution in [1.29, 1.82) is 0 Å². The van der Waals surface area contributed by atoms with Crippen LogP contribution in [0.2, 0.25) is 0 Å². The lowest BCUT2D eigenvalue weighted by Gasteiger charge is -2.31. The van der Waals surface area contributed by atoms with Crippen LogP contribution in [-0.4, -0.2) is 43.2 Å². The van der Waals surface area contributed by atoms with Crippen LogP contribution in [0.15, 0.2) is 23.2 Å². The van der Waals surface area contributed by atoms with Gasteiger partial charge >= 0.3 is 0 Å². The number of anilines is 1. The summed E-state index contributed by atoms with van der Waals surface area (Å²) in [7, 11) is -0.449. The van der Waals surface area contributed by atoms with E-state index < -0.39 is 10.0 Å². The Bertz CT molecular complexity index is 517. The summed E-state index contributed by atoms with van der Waals surface area (Å²) < 4.78 is 25.0. The minimum atomic E-state index is -3.44. The van der Waals surface area contributed by atoms with Crippen LogP contribution in [0, 0.1) is 0 Å². The van der Waals surface area contributed by atoms with Crippen LogP contribution >= 0.6 is 11.6 Å². The van der Waals surface area contributed by atoms with Crippen molar-refractivity contribution in [2.75, 3.05) is 25.3 Å². The molecule has 7 heteroatoms. The van der Waals surface area contributed by atoms with Gasteiger partial charge in [-0.05, 0) is 25.0 Å². The fourth-order valence-electron chi connectivity index (χ4n) is 1.74. The normalized spacial score (nSPS) is 12.7. The number of nitrogens with zero attached hydrogens (tertiary/aromatic N) is 2. The molecule has 114 valence electrons. The average Bonchev–Trinajstić information content (AvgIpc) is 2.45. The lowest BCUT2D eigenvalue weighted by Crippen LogP contribution is -2.39. The van der Waals surface area contributed by atoms with E-state index in [-0.39, 0.29) is 10.4 Å². The van der Waals surface area contributed by atoms with E-state index >= 15 is 0 Å². The third-order valence-electron chi connectivity index (χ3n) is 3.52. The number of halogens is 1. The number of alkyl halides is 1. The van der Waals surface area contributed by atoms with E-state index in [9.17, 15) is 8.42 Å². The molecule has 1 N–H and O–H groups in total. The molecule has 0 unspecified atom stereocenters. The Morgan fingerprint density at radius 1 is 1.30 bits per heavy atom. The number of pyridine rings is 1. The molecule has 0 saturated carbocycles. The van der Waals surface area contributed by atoms with Crippen molar-refractivity contribution in [3.8, 4) is 0 Å². The third kappa shape index (κ3) is 3.62. The highest BCUT2D eigenvalue weighted by Crippen LogP contribution is 2.23. The minimum Gasteiger partial charge on any atom is -0.363 e. The number of sulfonamides is 1. The molecule has 0 saturated heterocycles. The summed E-state index contributed by atoms with van der Waals surface area (Å²) in [5.41, 5.74) is -0.212. The summed E-state index contributed by atoms with van der Waals surface area (Å²) in [6.45, 7) is 4.12. The lowest BCUT2D eigenvalue weighted by atomic mass is 9.95. The first-order chi connectivity index (χ1) is 9.31. The molecule has 0 aliphatic heterocycles. The van der Waals surface area contributed by atoms with Crippen LogP contribution in [0.25, 0.3) is 0 Å². The second-order valence-corrected chi connectivity index (χ2v) is 7.33. The van der Waals surface area contributed by atoms with Gasteiger partial charge in [-0.3, -0.25) is 0 Å². The van der Waals surface area contributed by atoms with Crippen molar-refractivity contribution in [3.05, 3.63) is 18.3 Å². The highest BCUT2D eigenvalue weighted by Gasteiger charge is 2.25. The highest BCUT2D eigenvalue weighted by molar-refractivity contribution is 7.89. The largest absolute Gasteiger partial charge is 0.363 e. The topological polar surface area (TPSA) is 62.3 Å². The molecule has 0 bridgehead atoms. The van der Waals surface area contributed by atoms with Crippen LogP contribution < -0.4 is 5.32 Å². The zero-order valence-corrected chi connectivity index (χ0v) is 13.9. The first kappa shape index (κ1) is 17.2. The quantitative estimate of drug-likeness (QED) is 0.785. The Hall–Kier alpha value is -0.850. The maximum atomic E-state index is 11.9. The van der Waals surface area contributed by atoms with Crippen LogP contribution in [-0.2, 0) is 10.0 Å². The molecule has 1 rings (SSSR count). The van der Waals surface area contributed by atoms with Gasteiger partial charge in [-0.2, -0.15) is 0 Å². The average molecular weight is 320 g/mol. The van der Waals surface area contributed by atoms with Crippen molar-refractivity contribution in [2.24, 2.45) is 0 Å². The van der Waals surface area contributed by atoms with E-state index in [0.717, 1.165) is 17.1 Å². The van der Waals surface area contributed by atoms with Gasteiger partial charge in [-0.1, -0.05) is 13.8 Å². The van der Waals surface area contributed by atoms with E-state index in [1.165, 1.54) is 20.3 Å². The minimum absolute atomic E-state index is 0.178. The molecule has 0 spiro atoms. The molecule has 0 amide bonds. The Kier molecular flexibility index (Phi) is 5.79. The predicted molar refractivity (Wildman–Crippen MR) is 82.8 cm³/mol. The Balaban J connectivity index is 2.98. The molecule has 0 atom stereocenters. The van der Waals surface area contributed by atoms with Gasteiger partial charge in [-0.25, -0.2) is 17.7 Å². The second kappa shape index (κ2) is 6.74. The first-order valence-electron chi connectivity index (χ1n) is 6.54. The van der Waals surface area contributed by atoms with Gasteiger partial charge in [0.25, 0.3) is 0 Å². The van der Waals surface area contributed by atoms with Gasteiger partial charge in [0.2, 0.25) is 10.0 Å². The standard InChI is InChI=1S/C13H22ClN3O2S/c1-5-13(6-2,10-14)16-12-8-7-11(9-15-12)20(18,19)17(3)4/h7-9H,5-6,10H2,1-4H3,(H,15,16). The summed E-state index contributed by atoms with van der Waals surface area (Å²) >= 11 is 6.03. The van der Waals surface area contributed by atoms with Gasteiger partial charge in [-0.15, -0.1) is 11.6 Å². The zero-order valence-electron chi connectivity index (χ0n) is 12.4. The fourth-order valence-corrected chi connectivity index (χ4v) is 3.03. The van der Waals surface area contributed by atoms with E-state index in [2.05, 4.69) is 24.1 Å². The van der Waals surface area contributed by atoms with Crippen molar-refractivity contribution in [2.45, 2.75) is 37.1 Å². The molecular weight excluding hydrogens is 298 g/mol. The van der Waals surface area contributed by atoms with Gasteiger partial charge in [0, 0.05) is 26.2 Å². The van der Waals surface area contributed by atoms with Crippen LogP contribution in [0.3, 0.4) is 0 Å². The van der Waals surface area contributed by atoms with Gasteiger partial charge in [0.1, 0.15) is 10.7 Å². The number of nitrogens with one attached hydrogen (secondary N) is 1. The van der Waals surface area contributed by atoms with Crippen LogP contribution in [0.5, 0.6) is 0 Å². The molecule has 0 aliphatic rings. The highest BCUT2D eigenvalue weighted by atomic mass is 35.5. The molecule has 0 aromatic carbocycles. The van der Waals surface area contributed by atoms with Crippen LogP contribution in [0.1, 0.15) is 26.7 Å². The molecule has 1 heterocycles. The maximum Gasteiger partial charge on any atom is 0.244 e. The van der Waals surface area contributed by atoms with Crippen LogP contribution in [0.4, 0.5) is 5.82 Å². The number of hydrogen-bond acceptors (Lipinski definition) is 4. The summed E-state index contributed by atoms with van der Waals surface area (Å²) in [6, 6.07) is 3.22. The summed E-state index contributed by atoms with van der Waals surface area (Å²) in [4.78, 5) is 4.36. The monoisotopic (exact) mass is 319 g/mol. The SMILES string of the molecule is CCC(CC)(CCl)Nc1ccc(S(=O)(=O)N(C)C)cn1. The van der Waals surface area contributed by atoms with Gasteiger partial charge < -0.3 is 5.32 Å². The van der Waals surface area contributed by atoms with Crippen molar-refractivity contribution >= 4 is 27.4 Å². The number of aromatic nitrogens is 1. The molecule has 0 radical (unpaired) electrons. The Labute approximate surface area is 126 Å². The first-order valence-corrected chi connectivity index (χ1v) is 8.51. The van der Waals surface area contributed by atoms with Crippen molar-refractivity contribution in [3.63, 3.8) is 0 Å². The Morgan fingerprint density at radius 2 is 1.90 bits per heavy atom. The van der Waals surface area contributed by atoms with E-state index in [1.807, 2.05) is 0 Å². The number of hydrogen-bond donors (Lipinski definition) is 1. The van der Waals surface area contributed by atoms with Crippen molar-refractivity contribution < 1.29 is 8.42 Å². The molecular formula is C13H22ClN3O2S. The zero-order chi connectivity index (χ0) is 15.4. The summed E-state index contributed by atoms with van der Waals surface area (Å²) in [5, 5.41) is 3.30. The lowest BCUT2D eigenvalue weighted by molar-refractivity contribution is 0.482. The van der Waals surface area contributed by atoms with E-state index in [4.69, 9.17) is 11.6 Å². The maximum absolute atomic E-state index is 11.9.